The lowest BCUT2D eigenvalue weighted by atomic mass is 9.90. The molecule has 0 unspecified atom stereocenters. The van der Waals surface area contributed by atoms with Crippen LogP contribution in [0.25, 0.3) is 0 Å². The van der Waals surface area contributed by atoms with Crippen molar-refractivity contribution in [2.24, 2.45) is 0 Å². The maximum atomic E-state index is 13.1. The second-order valence-corrected chi connectivity index (χ2v) is 6.64. The van der Waals surface area contributed by atoms with E-state index in [1.54, 1.807) is 4.90 Å². The molecule has 0 spiro atoms. The summed E-state index contributed by atoms with van der Waals surface area (Å²) < 4.78 is 78.4. The molecule has 0 amide bonds. The molecule has 1 aliphatic heterocycles. The van der Waals surface area contributed by atoms with E-state index in [2.05, 4.69) is 0 Å². The van der Waals surface area contributed by atoms with Crippen LogP contribution >= 0.6 is 0 Å². The zero-order chi connectivity index (χ0) is 21.6. The Morgan fingerprint density at radius 2 is 1.59 bits per heavy atom. The van der Waals surface area contributed by atoms with E-state index >= 15 is 0 Å². The normalized spacial score (nSPS) is 14.8. The highest BCUT2D eigenvalue weighted by molar-refractivity contribution is 5.60. The Balaban J connectivity index is 1.89. The van der Waals surface area contributed by atoms with E-state index < -0.39 is 28.4 Å². The Morgan fingerprint density at radius 3 is 2.10 bits per heavy atom. The van der Waals surface area contributed by atoms with Crippen LogP contribution in [-0.2, 0) is 18.6 Å². The number of nitro benzene ring substituents is 1. The van der Waals surface area contributed by atoms with Crippen molar-refractivity contribution in [3.05, 3.63) is 69.3 Å². The molecule has 29 heavy (non-hydrogen) atoms. The minimum absolute atomic E-state index is 0.0983. The summed E-state index contributed by atoms with van der Waals surface area (Å²) in [6, 6.07) is 8.13. The number of alkyl halides is 6. The zero-order valence-electron chi connectivity index (χ0n) is 14.6. The smallest absolute Gasteiger partial charge is 0.369 e. The van der Waals surface area contributed by atoms with E-state index in [1.807, 2.05) is 0 Å². The van der Waals surface area contributed by atoms with E-state index in [0.717, 1.165) is 12.1 Å². The molecule has 0 aromatic heterocycles. The summed E-state index contributed by atoms with van der Waals surface area (Å²) in [6.07, 6.45) is -11.7. The van der Waals surface area contributed by atoms with Crippen LogP contribution in [0, 0.1) is 10.1 Å². The Morgan fingerprint density at radius 1 is 1.00 bits per heavy atom. The molecule has 11 heteroatoms. The number of rotatable bonds is 4. The molecule has 3 rings (SSSR count). The largest absolute Gasteiger partial charge is 0.430 e. The van der Waals surface area contributed by atoms with E-state index in [-0.39, 0.29) is 24.2 Å². The molecule has 0 atom stereocenters. The maximum Gasteiger partial charge on any atom is 0.430 e. The number of hydrogen-bond acceptors (Lipinski definition) is 4. The molecule has 0 saturated carbocycles. The molecule has 0 saturated heterocycles. The highest BCUT2D eigenvalue weighted by Gasteiger charge is 2.71. The lowest BCUT2D eigenvalue weighted by Crippen LogP contribution is -2.53. The van der Waals surface area contributed by atoms with E-state index in [1.165, 1.54) is 24.3 Å². The average molecular weight is 420 g/mol. The van der Waals surface area contributed by atoms with Crippen molar-refractivity contribution in [3.63, 3.8) is 0 Å². The van der Waals surface area contributed by atoms with E-state index in [0.29, 0.717) is 23.9 Å². The topological polar surface area (TPSA) is 66.6 Å². The first-order valence-corrected chi connectivity index (χ1v) is 8.32. The van der Waals surface area contributed by atoms with Gasteiger partial charge in [0.2, 0.25) is 0 Å². The van der Waals surface area contributed by atoms with Gasteiger partial charge in [0.25, 0.3) is 11.3 Å². The zero-order valence-corrected chi connectivity index (χ0v) is 14.6. The van der Waals surface area contributed by atoms with Crippen LogP contribution in [0.3, 0.4) is 0 Å². The molecule has 156 valence electrons. The summed E-state index contributed by atoms with van der Waals surface area (Å²) in [5.41, 5.74) is -4.96. The van der Waals surface area contributed by atoms with Crippen molar-refractivity contribution < 1.29 is 36.4 Å². The van der Waals surface area contributed by atoms with Crippen LogP contribution in [0.4, 0.5) is 37.7 Å². The van der Waals surface area contributed by atoms with E-state index in [4.69, 9.17) is 0 Å². The molecule has 5 nitrogen and oxygen atoms in total. The molecule has 2 aromatic carbocycles. The van der Waals surface area contributed by atoms with Crippen molar-refractivity contribution >= 4 is 11.4 Å². The second-order valence-electron chi connectivity index (χ2n) is 6.64. The van der Waals surface area contributed by atoms with Crippen LogP contribution in [0.15, 0.2) is 42.5 Å². The van der Waals surface area contributed by atoms with Crippen molar-refractivity contribution in [1.82, 2.24) is 0 Å². The van der Waals surface area contributed by atoms with Crippen LogP contribution in [0.5, 0.6) is 0 Å². The molecule has 0 fully saturated rings. The van der Waals surface area contributed by atoms with Crippen molar-refractivity contribution in [1.29, 1.82) is 0 Å². The Labute approximate surface area is 160 Å². The fourth-order valence-corrected chi connectivity index (χ4v) is 3.29. The number of hydrogen-bond donors (Lipinski definition) is 1. The number of anilines is 1. The number of fused-ring (bicyclic) bond motifs is 1. The third-order valence-electron chi connectivity index (χ3n) is 4.83. The van der Waals surface area contributed by atoms with Crippen LogP contribution in [-0.4, -0.2) is 28.9 Å². The molecule has 0 bridgehead atoms. The molecular formula is C18H14F6N2O3. The molecule has 0 radical (unpaired) electrons. The number of aliphatic hydroxyl groups is 1. The van der Waals surface area contributed by atoms with E-state index in [9.17, 15) is 41.6 Å². The molecule has 1 aliphatic rings. The minimum atomic E-state index is -5.93. The molecule has 1 heterocycles. The first-order chi connectivity index (χ1) is 13.3. The lowest BCUT2D eigenvalue weighted by Gasteiger charge is -2.33. The SMILES string of the molecule is O=[N+]([O-])c1ccc(CN2CCc3cc(C(O)(C(F)(F)F)C(F)(F)F)ccc32)cc1. The first-order valence-electron chi connectivity index (χ1n) is 8.32. The third kappa shape index (κ3) is 3.61. The predicted octanol–water partition coefficient (Wildman–Crippen LogP) is 4.47. The van der Waals surface area contributed by atoms with Gasteiger partial charge in [0.1, 0.15) is 0 Å². The quantitative estimate of drug-likeness (QED) is 0.450. The number of nitrogens with zero attached hydrogens (tertiary/aromatic N) is 2. The molecule has 0 aliphatic carbocycles. The van der Waals surface area contributed by atoms with Crippen LogP contribution in [0.1, 0.15) is 16.7 Å². The maximum absolute atomic E-state index is 13.1. The Hall–Kier alpha value is -2.82. The highest BCUT2D eigenvalue weighted by atomic mass is 19.4. The lowest BCUT2D eigenvalue weighted by molar-refractivity contribution is -0.384. The van der Waals surface area contributed by atoms with Crippen molar-refractivity contribution in [2.45, 2.75) is 30.9 Å². The van der Waals surface area contributed by atoms with Gasteiger partial charge in [0, 0.05) is 36.5 Å². The van der Waals surface area contributed by atoms with Crippen molar-refractivity contribution in [3.8, 4) is 0 Å². The van der Waals surface area contributed by atoms with Gasteiger partial charge in [0.05, 0.1) is 4.92 Å². The summed E-state index contributed by atoms with van der Waals surface area (Å²) in [5.74, 6) is 0. The summed E-state index contributed by atoms with van der Waals surface area (Å²) >= 11 is 0. The van der Waals surface area contributed by atoms with Gasteiger partial charge in [-0.25, -0.2) is 0 Å². The summed E-state index contributed by atoms with van der Waals surface area (Å²) in [5, 5.41) is 20.2. The summed E-state index contributed by atoms with van der Waals surface area (Å²) in [4.78, 5) is 11.9. The number of benzene rings is 2. The number of halogens is 6. The first kappa shape index (κ1) is 20.9. The van der Waals surface area contributed by atoms with Gasteiger partial charge in [0.15, 0.2) is 0 Å². The van der Waals surface area contributed by atoms with Crippen molar-refractivity contribution in [2.75, 3.05) is 11.4 Å². The van der Waals surface area contributed by atoms with Gasteiger partial charge < -0.3 is 10.0 Å². The molecule has 1 N–H and O–H groups in total. The van der Waals surface area contributed by atoms with Gasteiger partial charge in [-0.3, -0.25) is 10.1 Å². The Kier molecular flexibility index (Phi) is 4.98. The highest BCUT2D eigenvalue weighted by Crippen LogP contribution is 2.50. The van der Waals surface area contributed by atoms with Gasteiger partial charge in [-0.05, 0) is 23.6 Å². The van der Waals surface area contributed by atoms with Gasteiger partial charge in [-0.1, -0.05) is 24.3 Å². The van der Waals surface area contributed by atoms with Crippen LogP contribution in [0.2, 0.25) is 0 Å². The minimum Gasteiger partial charge on any atom is -0.369 e. The predicted molar refractivity (Wildman–Crippen MR) is 90.3 cm³/mol. The second kappa shape index (κ2) is 6.90. The van der Waals surface area contributed by atoms with Crippen LogP contribution < -0.4 is 4.90 Å². The average Bonchev–Trinajstić information content (AvgIpc) is 3.01. The molecule has 2 aromatic rings. The molecular weight excluding hydrogens is 406 g/mol. The van der Waals surface area contributed by atoms with Gasteiger partial charge in [-0.2, -0.15) is 26.3 Å². The fourth-order valence-electron chi connectivity index (χ4n) is 3.29. The monoisotopic (exact) mass is 420 g/mol. The standard InChI is InChI=1S/C18H14F6N2O3/c19-17(20,21)16(27,18(22,23)24)13-3-6-15-12(9-13)7-8-25(15)10-11-1-4-14(5-2-11)26(28)29/h1-6,9,27H,7-8,10H2. The number of nitro groups is 1. The third-order valence-corrected chi connectivity index (χ3v) is 4.83. The fraction of sp³-hybridized carbons (Fsp3) is 0.333. The van der Waals surface area contributed by atoms with Gasteiger partial charge >= 0.3 is 12.4 Å². The van der Waals surface area contributed by atoms with Gasteiger partial charge in [-0.15, -0.1) is 0 Å². The Bertz CT molecular complexity index is 911. The summed E-state index contributed by atoms with van der Waals surface area (Å²) in [6.45, 7) is 0.611. The number of non-ortho nitro benzene ring substituents is 1. The summed E-state index contributed by atoms with van der Waals surface area (Å²) in [7, 11) is 0.